The number of hydrogen-bond donors (Lipinski definition) is 2. The van der Waals surface area contributed by atoms with E-state index in [-0.39, 0.29) is 12.6 Å². The number of hydrogen-bond acceptors (Lipinski definition) is 4. The Kier molecular flexibility index (Phi) is 3.67. The number of thiazole rings is 1. The summed E-state index contributed by atoms with van der Waals surface area (Å²) in [6, 6.07) is 16.1. The summed E-state index contributed by atoms with van der Waals surface area (Å²) in [4.78, 5) is 4.66. The molecule has 102 valence electrons. The van der Waals surface area contributed by atoms with Crippen LogP contribution in [-0.2, 0) is 6.61 Å². The molecule has 0 amide bonds. The second-order valence-electron chi connectivity index (χ2n) is 4.74. The Labute approximate surface area is 121 Å². The Morgan fingerprint density at radius 1 is 1.20 bits per heavy atom. The summed E-state index contributed by atoms with van der Waals surface area (Å²) < 4.78 is 1.21. The van der Waals surface area contributed by atoms with Crippen molar-refractivity contribution in [3.63, 3.8) is 0 Å². The fourth-order valence-electron chi connectivity index (χ4n) is 2.15. The van der Waals surface area contributed by atoms with E-state index in [9.17, 15) is 5.11 Å². The molecule has 1 unspecified atom stereocenters. The van der Waals surface area contributed by atoms with E-state index in [1.165, 1.54) is 4.70 Å². The van der Waals surface area contributed by atoms with Gasteiger partial charge in [-0.15, -0.1) is 11.3 Å². The van der Waals surface area contributed by atoms with Crippen molar-refractivity contribution in [2.24, 2.45) is 0 Å². The van der Waals surface area contributed by atoms with E-state index in [1.807, 2.05) is 42.5 Å². The van der Waals surface area contributed by atoms with Gasteiger partial charge in [-0.05, 0) is 36.8 Å². The normalized spacial score (nSPS) is 12.5. The lowest BCUT2D eigenvalue weighted by atomic mass is 10.2. The molecule has 0 bridgehead atoms. The lowest BCUT2D eigenvalue weighted by Gasteiger charge is -2.13. The zero-order chi connectivity index (χ0) is 13.9. The number of para-hydroxylation sites is 1. The first kappa shape index (κ1) is 13.1. The van der Waals surface area contributed by atoms with Crippen molar-refractivity contribution in [1.29, 1.82) is 0 Å². The SMILES string of the molecule is CC(Nc1cccc(CO)c1)c1nc2ccccc2s1. The average molecular weight is 284 g/mol. The molecule has 0 aliphatic carbocycles. The number of nitrogens with one attached hydrogen (secondary N) is 1. The van der Waals surface area contributed by atoms with Gasteiger partial charge in [-0.25, -0.2) is 4.98 Å². The largest absolute Gasteiger partial charge is 0.392 e. The van der Waals surface area contributed by atoms with Crippen LogP contribution in [0.25, 0.3) is 10.2 Å². The number of rotatable bonds is 4. The minimum absolute atomic E-state index is 0.0606. The third kappa shape index (κ3) is 2.66. The molecule has 4 heteroatoms. The van der Waals surface area contributed by atoms with Crippen LogP contribution in [0.15, 0.2) is 48.5 Å². The Bertz CT molecular complexity index is 690. The Hall–Kier alpha value is -1.91. The van der Waals surface area contributed by atoms with Gasteiger partial charge in [0.05, 0.1) is 22.9 Å². The Morgan fingerprint density at radius 2 is 2.05 bits per heavy atom. The maximum absolute atomic E-state index is 9.17. The van der Waals surface area contributed by atoms with Crippen LogP contribution in [0.2, 0.25) is 0 Å². The summed E-state index contributed by atoms with van der Waals surface area (Å²) in [5, 5.41) is 13.7. The molecular formula is C16H16N2OS. The average Bonchev–Trinajstić information content (AvgIpc) is 2.91. The number of aliphatic hydroxyl groups excluding tert-OH is 1. The highest BCUT2D eigenvalue weighted by molar-refractivity contribution is 7.18. The van der Waals surface area contributed by atoms with Crippen molar-refractivity contribution in [2.75, 3.05) is 5.32 Å². The predicted octanol–water partition coefficient (Wildman–Crippen LogP) is 3.96. The topological polar surface area (TPSA) is 45.1 Å². The fourth-order valence-corrected chi connectivity index (χ4v) is 3.12. The number of benzene rings is 2. The maximum atomic E-state index is 9.17. The van der Waals surface area contributed by atoms with Gasteiger partial charge in [0, 0.05) is 5.69 Å². The maximum Gasteiger partial charge on any atom is 0.116 e. The molecular weight excluding hydrogens is 268 g/mol. The van der Waals surface area contributed by atoms with Gasteiger partial charge in [-0.2, -0.15) is 0 Å². The Balaban J connectivity index is 1.82. The minimum Gasteiger partial charge on any atom is -0.392 e. The molecule has 3 aromatic rings. The van der Waals surface area contributed by atoms with Crippen LogP contribution < -0.4 is 5.32 Å². The van der Waals surface area contributed by atoms with Crippen molar-refractivity contribution in [1.82, 2.24) is 4.98 Å². The molecule has 1 aromatic heterocycles. The molecule has 0 aliphatic heterocycles. The third-order valence-electron chi connectivity index (χ3n) is 3.17. The van der Waals surface area contributed by atoms with Crippen molar-refractivity contribution in [2.45, 2.75) is 19.6 Å². The molecule has 3 rings (SSSR count). The van der Waals surface area contributed by atoms with Crippen LogP contribution in [0.4, 0.5) is 5.69 Å². The van der Waals surface area contributed by atoms with Gasteiger partial charge in [-0.3, -0.25) is 0 Å². The van der Waals surface area contributed by atoms with Gasteiger partial charge in [0.15, 0.2) is 0 Å². The third-order valence-corrected chi connectivity index (χ3v) is 4.39. The summed E-state index contributed by atoms with van der Waals surface area (Å²) in [6.07, 6.45) is 0. The van der Waals surface area contributed by atoms with Gasteiger partial charge >= 0.3 is 0 Å². The summed E-state index contributed by atoms with van der Waals surface area (Å²) in [7, 11) is 0. The number of aromatic nitrogens is 1. The van der Waals surface area contributed by atoms with Crippen LogP contribution in [-0.4, -0.2) is 10.1 Å². The first-order valence-electron chi connectivity index (χ1n) is 6.58. The van der Waals surface area contributed by atoms with Gasteiger partial charge in [-0.1, -0.05) is 24.3 Å². The van der Waals surface area contributed by atoms with Crippen LogP contribution in [0.5, 0.6) is 0 Å². The molecule has 2 N–H and O–H groups in total. The highest BCUT2D eigenvalue weighted by atomic mass is 32.1. The summed E-state index contributed by atoms with van der Waals surface area (Å²) in [5.41, 5.74) is 2.96. The molecule has 0 saturated heterocycles. The molecule has 0 radical (unpaired) electrons. The summed E-state index contributed by atoms with van der Waals surface area (Å²) >= 11 is 1.71. The molecule has 0 fully saturated rings. The number of anilines is 1. The first-order chi connectivity index (χ1) is 9.76. The quantitative estimate of drug-likeness (QED) is 0.762. The van der Waals surface area contributed by atoms with Crippen LogP contribution in [0.1, 0.15) is 23.5 Å². The zero-order valence-corrected chi connectivity index (χ0v) is 12.0. The predicted molar refractivity (Wildman–Crippen MR) is 84.0 cm³/mol. The smallest absolute Gasteiger partial charge is 0.116 e. The monoisotopic (exact) mass is 284 g/mol. The number of nitrogens with zero attached hydrogens (tertiary/aromatic N) is 1. The number of aliphatic hydroxyl groups is 1. The summed E-state index contributed by atoms with van der Waals surface area (Å²) in [5.74, 6) is 0. The molecule has 0 spiro atoms. The molecule has 1 heterocycles. The van der Waals surface area contributed by atoms with Crippen molar-refractivity contribution in [3.8, 4) is 0 Å². The highest BCUT2D eigenvalue weighted by Gasteiger charge is 2.11. The molecule has 20 heavy (non-hydrogen) atoms. The highest BCUT2D eigenvalue weighted by Crippen LogP contribution is 2.28. The standard InChI is InChI=1S/C16H16N2OS/c1-11(17-13-6-4-5-12(9-13)10-19)16-18-14-7-2-3-8-15(14)20-16/h2-9,11,17,19H,10H2,1H3. The molecule has 3 nitrogen and oxygen atoms in total. The van der Waals surface area contributed by atoms with E-state index in [0.717, 1.165) is 21.8 Å². The van der Waals surface area contributed by atoms with E-state index in [2.05, 4.69) is 23.3 Å². The molecule has 0 saturated carbocycles. The zero-order valence-electron chi connectivity index (χ0n) is 11.2. The van der Waals surface area contributed by atoms with E-state index in [1.54, 1.807) is 11.3 Å². The van der Waals surface area contributed by atoms with Crippen LogP contribution >= 0.6 is 11.3 Å². The van der Waals surface area contributed by atoms with Crippen molar-refractivity contribution < 1.29 is 5.11 Å². The van der Waals surface area contributed by atoms with E-state index in [4.69, 9.17) is 0 Å². The van der Waals surface area contributed by atoms with Crippen molar-refractivity contribution >= 4 is 27.2 Å². The lowest BCUT2D eigenvalue weighted by molar-refractivity contribution is 0.282. The van der Waals surface area contributed by atoms with Gasteiger partial charge < -0.3 is 10.4 Å². The summed E-state index contributed by atoms with van der Waals surface area (Å²) in [6.45, 7) is 2.16. The van der Waals surface area contributed by atoms with Gasteiger partial charge in [0.25, 0.3) is 0 Å². The molecule has 2 aromatic carbocycles. The lowest BCUT2D eigenvalue weighted by Crippen LogP contribution is -2.06. The van der Waals surface area contributed by atoms with Crippen LogP contribution in [0.3, 0.4) is 0 Å². The van der Waals surface area contributed by atoms with Crippen LogP contribution in [0, 0.1) is 0 Å². The molecule has 0 aliphatic rings. The second kappa shape index (κ2) is 5.61. The fraction of sp³-hybridized carbons (Fsp3) is 0.188. The Morgan fingerprint density at radius 3 is 2.85 bits per heavy atom. The first-order valence-corrected chi connectivity index (χ1v) is 7.40. The minimum atomic E-state index is 0.0606. The van der Waals surface area contributed by atoms with E-state index >= 15 is 0 Å². The van der Waals surface area contributed by atoms with Gasteiger partial charge in [0.2, 0.25) is 0 Å². The van der Waals surface area contributed by atoms with E-state index in [0.29, 0.717) is 0 Å². The van der Waals surface area contributed by atoms with Crippen molar-refractivity contribution in [3.05, 3.63) is 59.1 Å². The second-order valence-corrected chi connectivity index (χ2v) is 5.81. The molecule has 1 atom stereocenters. The number of fused-ring (bicyclic) bond motifs is 1. The van der Waals surface area contributed by atoms with Gasteiger partial charge in [0.1, 0.15) is 5.01 Å². The van der Waals surface area contributed by atoms with E-state index < -0.39 is 0 Å².